The van der Waals surface area contributed by atoms with Gasteiger partial charge in [0.1, 0.15) is 11.2 Å². The molecule has 0 atom stereocenters. The van der Waals surface area contributed by atoms with Crippen molar-refractivity contribution in [2.75, 3.05) is 0 Å². The fourth-order valence-corrected chi connectivity index (χ4v) is 7.95. The molecule has 5 nitrogen and oxygen atoms in total. The summed E-state index contributed by atoms with van der Waals surface area (Å²) in [4.78, 5) is 19.9. The topological polar surface area (TPSA) is 64.7 Å². The zero-order chi connectivity index (χ0) is 37.7. The Balaban J connectivity index is 0.998. The fourth-order valence-electron chi connectivity index (χ4n) is 7.95. The second kappa shape index (κ2) is 13.5. The lowest BCUT2D eigenvalue weighted by Crippen LogP contribution is -2.00. The van der Waals surface area contributed by atoms with E-state index in [1.807, 2.05) is 54.7 Å². The molecule has 266 valence electrons. The molecular weight excluding hydrogens is 697 g/mol. The number of benzene rings is 8. The third-order valence-corrected chi connectivity index (χ3v) is 10.8. The Morgan fingerprint density at radius 2 is 0.930 bits per heavy atom. The first-order valence-electron chi connectivity index (χ1n) is 19.0. The van der Waals surface area contributed by atoms with Gasteiger partial charge in [0.05, 0.1) is 5.52 Å². The number of para-hydroxylation sites is 2. The smallest absolute Gasteiger partial charge is 0.164 e. The third-order valence-electron chi connectivity index (χ3n) is 10.8. The number of rotatable bonds is 6. The Hall–Kier alpha value is -7.76. The average Bonchev–Trinajstić information content (AvgIpc) is 3.68. The molecule has 0 N–H and O–H groups in total. The largest absolute Gasteiger partial charge is 0.455 e. The first-order valence-corrected chi connectivity index (χ1v) is 19.0. The molecule has 8 aromatic carbocycles. The molecule has 0 aliphatic carbocycles. The van der Waals surface area contributed by atoms with Crippen LogP contribution in [0.2, 0.25) is 0 Å². The van der Waals surface area contributed by atoms with Crippen LogP contribution in [0.15, 0.2) is 199 Å². The van der Waals surface area contributed by atoms with Gasteiger partial charge in [0.15, 0.2) is 17.5 Å². The van der Waals surface area contributed by atoms with Gasteiger partial charge in [-0.1, -0.05) is 170 Å². The predicted octanol–water partition coefficient (Wildman–Crippen LogP) is 13.5. The van der Waals surface area contributed by atoms with Gasteiger partial charge >= 0.3 is 0 Å². The minimum Gasteiger partial charge on any atom is -0.455 e. The van der Waals surface area contributed by atoms with E-state index < -0.39 is 0 Å². The summed E-state index contributed by atoms with van der Waals surface area (Å²) in [5, 5.41) is 5.64. The quantitative estimate of drug-likeness (QED) is 0.171. The summed E-state index contributed by atoms with van der Waals surface area (Å²) >= 11 is 0. The Kier molecular flexibility index (Phi) is 7.74. The third kappa shape index (κ3) is 5.81. The standard InChI is InChI=1S/C52H32N4O/c1-2-11-38(12-3-1)50-54-51(56-52(55-50)41-28-19-33-10-4-5-13-40(33)32-41)39-26-24-36(25-27-39)47-42(30-29-37-14-9-31-53-48(37)47)34-20-22-35(23-21-34)43-16-8-17-45-44-15-6-7-18-46(44)57-49(43)45/h1-32H. The SMILES string of the molecule is c1ccc(-c2nc(-c3ccc(-c4c(-c5ccc(-c6cccc7c6oc6ccccc67)cc5)ccc5cccnc45)cc3)nc(-c3ccc4ccccc4c3)n2)cc1. The van der Waals surface area contributed by atoms with Gasteiger partial charge in [0.2, 0.25) is 0 Å². The summed E-state index contributed by atoms with van der Waals surface area (Å²) in [6, 6.07) is 65.1. The molecule has 0 unspecified atom stereocenters. The van der Waals surface area contributed by atoms with Gasteiger partial charge in [-0.25, -0.2) is 15.0 Å². The number of fused-ring (bicyclic) bond motifs is 5. The molecule has 3 aromatic heterocycles. The number of pyridine rings is 1. The number of aromatic nitrogens is 4. The molecule has 0 amide bonds. The van der Waals surface area contributed by atoms with Crippen molar-refractivity contribution < 1.29 is 4.42 Å². The molecule has 0 aliphatic heterocycles. The highest BCUT2D eigenvalue weighted by Crippen LogP contribution is 2.40. The van der Waals surface area contributed by atoms with Crippen molar-refractivity contribution in [2.24, 2.45) is 0 Å². The summed E-state index contributed by atoms with van der Waals surface area (Å²) in [7, 11) is 0. The van der Waals surface area contributed by atoms with Gasteiger partial charge in [-0.2, -0.15) is 0 Å². The van der Waals surface area contributed by atoms with Crippen LogP contribution in [-0.2, 0) is 0 Å². The van der Waals surface area contributed by atoms with E-state index in [9.17, 15) is 0 Å². The van der Waals surface area contributed by atoms with Crippen LogP contribution in [-0.4, -0.2) is 19.9 Å². The number of furan rings is 1. The van der Waals surface area contributed by atoms with Crippen LogP contribution in [0, 0.1) is 0 Å². The van der Waals surface area contributed by atoms with Gasteiger partial charge < -0.3 is 4.42 Å². The van der Waals surface area contributed by atoms with Crippen molar-refractivity contribution in [1.29, 1.82) is 0 Å². The highest BCUT2D eigenvalue weighted by atomic mass is 16.3. The Bertz CT molecular complexity index is 3280. The number of hydrogen-bond acceptors (Lipinski definition) is 5. The molecule has 0 saturated carbocycles. The zero-order valence-electron chi connectivity index (χ0n) is 30.7. The van der Waals surface area contributed by atoms with Crippen LogP contribution in [0.5, 0.6) is 0 Å². The van der Waals surface area contributed by atoms with E-state index >= 15 is 0 Å². The van der Waals surface area contributed by atoms with Crippen molar-refractivity contribution in [3.8, 4) is 67.5 Å². The molecule has 0 spiro atoms. The van der Waals surface area contributed by atoms with E-state index in [2.05, 4.69) is 140 Å². The van der Waals surface area contributed by atoms with Crippen molar-refractivity contribution in [3.05, 3.63) is 194 Å². The first-order chi connectivity index (χ1) is 28.2. The zero-order valence-corrected chi connectivity index (χ0v) is 30.7. The number of nitrogens with zero attached hydrogens (tertiary/aromatic N) is 4. The van der Waals surface area contributed by atoms with Crippen LogP contribution in [0.1, 0.15) is 0 Å². The molecule has 3 heterocycles. The molecule has 11 aromatic rings. The lowest BCUT2D eigenvalue weighted by molar-refractivity contribution is 0.670. The van der Waals surface area contributed by atoms with Gasteiger partial charge in [0, 0.05) is 50.2 Å². The van der Waals surface area contributed by atoms with E-state index in [-0.39, 0.29) is 0 Å². The van der Waals surface area contributed by atoms with Crippen molar-refractivity contribution in [3.63, 3.8) is 0 Å². The van der Waals surface area contributed by atoms with Gasteiger partial charge in [-0.3, -0.25) is 4.98 Å². The molecule has 57 heavy (non-hydrogen) atoms. The van der Waals surface area contributed by atoms with E-state index in [0.717, 1.165) is 88.3 Å². The van der Waals surface area contributed by atoms with E-state index in [0.29, 0.717) is 17.5 Å². The Morgan fingerprint density at radius 3 is 1.74 bits per heavy atom. The summed E-state index contributed by atoms with van der Waals surface area (Å²) in [6.07, 6.45) is 1.87. The number of hydrogen-bond donors (Lipinski definition) is 0. The van der Waals surface area contributed by atoms with Gasteiger partial charge in [0.25, 0.3) is 0 Å². The maximum Gasteiger partial charge on any atom is 0.164 e. The first kappa shape index (κ1) is 32.7. The highest BCUT2D eigenvalue weighted by molar-refractivity contribution is 6.09. The molecule has 11 rings (SSSR count). The van der Waals surface area contributed by atoms with E-state index in [4.69, 9.17) is 24.4 Å². The summed E-state index contributed by atoms with van der Waals surface area (Å²) in [5.41, 5.74) is 12.0. The molecule has 0 saturated heterocycles. The van der Waals surface area contributed by atoms with E-state index in [1.54, 1.807) is 0 Å². The molecule has 0 radical (unpaired) electrons. The molecule has 0 bridgehead atoms. The molecule has 0 fully saturated rings. The summed E-state index contributed by atoms with van der Waals surface area (Å²) < 4.78 is 6.37. The lowest BCUT2D eigenvalue weighted by Gasteiger charge is -2.15. The van der Waals surface area contributed by atoms with Crippen LogP contribution in [0.3, 0.4) is 0 Å². The van der Waals surface area contributed by atoms with Crippen molar-refractivity contribution >= 4 is 43.6 Å². The summed E-state index contributed by atoms with van der Waals surface area (Å²) in [5.74, 6) is 1.88. The monoisotopic (exact) mass is 728 g/mol. The van der Waals surface area contributed by atoms with Crippen LogP contribution in [0.25, 0.3) is 111 Å². The summed E-state index contributed by atoms with van der Waals surface area (Å²) in [6.45, 7) is 0. The average molecular weight is 729 g/mol. The predicted molar refractivity (Wildman–Crippen MR) is 233 cm³/mol. The fraction of sp³-hybridized carbons (Fsp3) is 0. The van der Waals surface area contributed by atoms with Crippen LogP contribution < -0.4 is 0 Å². The van der Waals surface area contributed by atoms with Crippen LogP contribution in [0.4, 0.5) is 0 Å². The van der Waals surface area contributed by atoms with Gasteiger partial charge in [-0.05, 0) is 51.2 Å². The minimum atomic E-state index is 0.616. The molecule has 5 heteroatoms. The second-order valence-corrected chi connectivity index (χ2v) is 14.2. The maximum atomic E-state index is 6.37. The second-order valence-electron chi connectivity index (χ2n) is 14.2. The Morgan fingerprint density at radius 1 is 0.351 bits per heavy atom. The molecule has 0 aliphatic rings. The molecular formula is C52H32N4O. The Labute approximate surface area is 328 Å². The maximum absolute atomic E-state index is 6.37. The normalized spacial score (nSPS) is 11.5. The van der Waals surface area contributed by atoms with Crippen LogP contribution >= 0.6 is 0 Å². The van der Waals surface area contributed by atoms with Crippen molar-refractivity contribution in [1.82, 2.24) is 19.9 Å². The van der Waals surface area contributed by atoms with E-state index in [1.165, 1.54) is 5.39 Å². The highest BCUT2D eigenvalue weighted by Gasteiger charge is 2.17. The lowest BCUT2D eigenvalue weighted by atomic mass is 9.90. The minimum absolute atomic E-state index is 0.616. The van der Waals surface area contributed by atoms with Crippen molar-refractivity contribution in [2.45, 2.75) is 0 Å². The van der Waals surface area contributed by atoms with Gasteiger partial charge in [-0.15, -0.1) is 0 Å².